The van der Waals surface area contributed by atoms with Crippen LogP contribution in [0.2, 0.25) is 0 Å². The highest BCUT2D eigenvalue weighted by Crippen LogP contribution is 2.48. The summed E-state index contributed by atoms with van der Waals surface area (Å²) >= 11 is 0. The number of fused-ring (bicyclic) bond motifs is 3. The molecule has 0 spiro atoms. The van der Waals surface area contributed by atoms with Crippen LogP contribution in [0.15, 0.2) is 57.6 Å². The van der Waals surface area contributed by atoms with Crippen molar-refractivity contribution >= 4 is 17.3 Å². The van der Waals surface area contributed by atoms with Gasteiger partial charge in [-0.2, -0.15) is 0 Å². The molecule has 144 valence electrons. The number of allylic oxidation sites excluding steroid dienone is 1. The molecule has 0 radical (unpaired) electrons. The van der Waals surface area contributed by atoms with Gasteiger partial charge in [0, 0.05) is 22.6 Å². The van der Waals surface area contributed by atoms with Gasteiger partial charge in [-0.25, -0.2) is 4.79 Å². The fraction of sp³-hybridized carbons (Fsp3) is 0.0952. The monoisotopic (exact) mass is 389 g/mol. The molecule has 4 N–H and O–H groups in total. The van der Waals surface area contributed by atoms with Crippen LogP contribution >= 0.6 is 0 Å². The molecule has 1 aromatic heterocycles. The van der Waals surface area contributed by atoms with Crippen molar-refractivity contribution in [2.24, 2.45) is 0 Å². The number of anilines is 1. The average molecular weight is 389 g/mol. The summed E-state index contributed by atoms with van der Waals surface area (Å²) in [6, 6.07) is 11.8. The number of carbonyl (C=O) groups is 1. The summed E-state index contributed by atoms with van der Waals surface area (Å²) in [7, 11) is 1.42. The van der Waals surface area contributed by atoms with Crippen LogP contribution in [0.5, 0.6) is 11.5 Å². The summed E-state index contributed by atoms with van der Waals surface area (Å²) in [6.07, 6.45) is 0. The Kier molecular flexibility index (Phi) is 3.51. The van der Waals surface area contributed by atoms with E-state index in [4.69, 9.17) is 4.74 Å². The van der Waals surface area contributed by atoms with Gasteiger partial charge >= 0.3 is 5.69 Å². The molecule has 1 aliphatic carbocycles. The minimum Gasteiger partial charge on any atom is -0.504 e. The maximum Gasteiger partial charge on any atom is 0.327 e. The Morgan fingerprint density at radius 3 is 2.52 bits per heavy atom. The third-order valence-electron chi connectivity index (χ3n) is 5.30. The number of benzene rings is 2. The Morgan fingerprint density at radius 2 is 1.76 bits per heavy atom. The van der Waals surface area contributed by atoms with E-state index in [1.165, 1.54) is 13.2 Å². The normalized spacial score (nSPS) is 16.7. The van der Waals surface area contributed by atoms with Gasteiger partial charge in [-0.15, -0.1) is 0 Å². The van der Waals surface area contributed by atoms with Crippen LogP contribution in [0, 0.1) is 0 Å². The maximum absolute atomic E-state index is 13.3. The molecular weight excluding hydrogens is 374 g/mol. The number of hydrogen-bond donors (Lipinski definition) is 4. The van der Waals surface area contributed by atoms with Gasteiger partial charge < -0.3 is 15.2 Å². The number of hydrogen-bond acceptors (Lipinski definition) is 6. The van der Waals surface area contributed by atoms with E-state index in [-0.39, 0.29) is 28.7 Å². The van der Waals surface area contributed by atoms with Crippen LogP contribution in [0.4, 0.5) is 5.82 Å². The molecule has 8 nitrogen and oxygen atoms in total. The van der Waals surface area contributed by atoms with Crippen molar-refractivity contribution in [3.8, 4) is 11.5 Å². The van der Waals surface area contributed by atoms with E-state index in [1.807, 2.05) is 12.1 Å². The Balaban J connectivity index is 1.83. The molecule has 0 amide bonds. The Morgan fingerprint density at radius 1 is 1.00 bits per heavy atom. The minimum absolute atomic E-state index is 0.0592. The highest BCUT2D eigenvalue weighted by atomic mass is 16.5. The molecule has 0 bridgehead atoms. The largest absolute Gasteiger partial charge is 0.504 e. The second-order valence-electron chi connectivity index (χ2n) is 6.85. The topological polar surface area (TPSA) is 124 Å². The number of aromatic nitrogens is 2. The Bertz CT molecular complexity index is 1350. The van der Waals surface area contributed by atoms with Crippen molar-refractivity contribution in [2.45, 2.75) is 5.92 Å². The van der Waals surface area contributed by atoms with Crippen LogP contribution in [0.3, 0.4) is 0 Å². The van der Waals surface area contributed by atoms with E-state index in [2.05, 4.69) is 15.3 Å². The number of phenols is 1. The first-order valence-corrected chi connectivity index (χ1v) is 8.88. The molecule has 5 rings (SSSR count). The molecule has 8 heteroatoms. The lowest BCUT2D eigenvalue weighted by Gasteiger charge is -2.27. The third-order valence-corrected chi connectivity index (χ3v) is 5.30. The number of H-pyrrole nitrogens is 2. The summed E-state index contributed by atoms with van der Waals surface area (Å²) in [6.45, 7) is 0. The first kappa shape index (κ1) is 17.1. The van der Waals surface area contributed by atoms with Crippen LogP contribution in [0.1, 0.15) is 33.0 Å². The number of ketones is 1. The molecule has 2 aliphatic rings. The molecule has 0 fully saturated rings. The van der Waals surface area contributed by atoms with Crippen LogP contribution in [-0.2, 0) is 0 Å². The SMILES string of the molecule is COc1cc([C@H]2C3=C(Nc4[nH]c(=O)[nH]c(=O)c42)c2ccccc2C3=O)ccc1O. The summed E-state index contributed by atoms with van der Waals surface area (Å²) in [5.41, 5.74) is 1.74. The number of Topliss-reactive ketones (excluding diaryl/α,β-unsaturated/α-hetero) is 1. The van der Waals surface area contributed by atoms with E-state index in [9.17, 15) is 19.5 Å². The quantitative estimate of drug-likeness (QED) is 0.531. The summed E-state index contributed by atoms with van der Waals surface area (Å²) in [4.78, 5) is 42.7. The molecule has 0 saturated heterocycles. The number of rotatable bonds is 2. The van der Waals surface area contributed by atoms with E-state index in [0.29, 0.717) is 28.0 Å². The standard InChI is InChI=1S/C21H15N3O5/c1-29-13-8-9(6-7-12(13)25)14-15-17(10-4-2-3-5-11(10)18(15)26)22-19-16(14)20(27)24-21(28)23-19/h2-8,14,25H,1H3,(H3,22,23,24,27,28)/t14-/m0/s1. The lowest BCUT2D eigenvalue weighted by Crippen LogP contribution is -2.33. The van der Waals surface area contributed by atoms with Gasteiger partial charge in [0.1, 0.15) is 5.82 Å². The molecule has 0 saturated carbocycles. The summed E-state index contributed by atoms with van der Waals surface area (Å²) < 4.78 is 5.20. The fourth-order valence-electron chi connectivity index (χ4n) is 4.06. The van der Waals surface area contributed by atoms with Crippen molar-refractivity contribution in [1.29, 1.82) is 0 Å². The van der Waals surface area contributed by atoms with Gasteiger partial charge in [0.2, 0.25) is 0 Å². The molecule has 29 heavy (non-hydrogen) atoms. The molecule has 0 unspecified atom stereocenters. The number of ether oxygens (including phenoxy) is 1. The fourth-order valence-corrected chi connectivity index (χ4v) is 4.06. The Hall–Kier alpha value is -4.07. The molecule has 1 aliphatic heterocycles. The molecule has 3 aromatic rings. The number of methoxy groups -OCH3 is 1. The van der Waals surface area contributed by atoms with Gasteiger partial charge in [-0.05, 0) is 17.7 Å². The van der Waals surface area contributed by atoms with Crippen molar-refractivity contribution in [1.82, 2.24) is 9.97 Å². The number of carbonyl (C=O) groups excluding carboxylic acids is 1. The maximum atomic E-state index is 13.3. The first-order chi connectivity index (χ1) is 14.0. The third kappa shape index (κ3) is 2.35. The van der Waals surface area contributed by atoms with Gasteiger partial charge in [0.25, 0.3) is 5.56 Å². The van der Waals surface area contributed by atoms with Crippen molar-refractivity contribution in [2.75, 3.05) is 12.4 Å². The minimum atomic E-state index is -0.753. The number of aromatic amines is 2. The van der Waals surface area contributed by atoms with Crippen LogP contribution in [-0.4, -0.2) is 28.0 Å². The number of nitrogens with one attached hydrogen (secondary N) is 3. The van der Waals surface area contributed by atoms with Crippen molar-refractivity contribution < 1.29 is 14.6 Å². The zero-order valence-corrected chi connectivity index (χ0v) is 15.2. The molecule has 2 heterocycles. The molecular formula is C21H15N3O5. The predicted octanol–water partition coefficient (Wildman–Crippen LogP) is 1.94. The van der Waals surface area contributed by atoms with Crippen molar-refractivity contribution in [3.05, 3.63) is 91.1 Å². The lowest BCUT2D eigenvalue weighted by atomic mass is 9.81. The van der Waals surface area contributed by atoms with Crippen LogP contribution in [0.25, 0.3) is 5.70 Å². The highest BCUT2D eigenvalue weighted by molar-refractivity contribution is 6.23. The average Bonchev–Trinajstić information content (AvgIpc) is 2.99. The smallest absolute Gasteiger partial charge is 0.327 e. The second kappa shape index (κ2) is 5.96. The first-order valence-electron chi connectivity index (χ1n) is 8.88. The van der Waals surface area contributed by atoms with Gasteiger partial charge in [-0.3, -0.25) is 19.6 Å². The van der Waals surface area contributed by atoms with E-state index in [0.717, 1.165) is 0 Å². The van der Waals surface area contributed by atoms with Crippen LogP contribution < -0.4 is 21.3 Å². The number of phenolic OH excluding ortho intramolecular Hbond substituents is 1. The Labute approximate surface area is 163 Å². The zero-order valence-electron chi connectivity index (χ0n) is 15.2. The van der Waals surface area contributed by atoms with Gasteiger partial charge in [0.05, 0.1) is 18.4 Å². The summed E-state index contributed by atoms with van der Waals surface area (Å²) in [5.74, 6) is -0.559. The van der Waals surface area contributed by atoms with E-state index >= 15 is 0 Å². The summed E-state index contributed by atoms with van der Waals surface area (Å²) in [5, 5.41) is 13.0. The van der Waals surface area contributed by atoms with E-state index in [1.54, 1.807) is 24.3 Å². The molecule has 2 aromatic carbocycles. The number of aromatic hydroxyl groups is 1. The van der Waals surface area contributed by atoms with Crippen molar-refractivity contribution in [3.63, 3.8) is 0 Å². The van der Waals surface area contributed by atoms with E-state index < -0.39 is 17.2 Å². The zero-order chi connectivity index (χ0) is 20.3. The highest BCUT2D eigenvalue weighted by Gasteiger charge is 2.41. The van der Waals surface area contributed by atoms with Gasteiger partial charge in [-0.1, -0.05) is 30.3 Å². The molecule has 1 atom stereocenters. The lowest BCUT2D eigenvalue weighted by molar-refractivity contribution is 0.103. The van der Waals surface area contributed by atoms with Gasteiger partial charge in [0.15, 0.2) is 17.3 Å². The predicted molar refractivity (Wildman–Crippen MR) is 106 cm³/mol. The second-order valence-corrected chi connectivity index (χ2v) is 6.85.